The number of allylic oxidation sites excluding steroid dienone is 2. The number of fused-ring (bicyclic) bond motifs is 2. The Labute approximate surface area is 180 Å². The number of aromatic nitrogens is 1. The normalized spacial score (nSPS) is 14.4. The molecule has 0 fully saturated rings. The first kappa shape index (κ1) is 20.2. The average molecular weight is 421 g/mol. The smallest absolute Gasteiger partial charge is 0.303 e. The third kappa shape index (κ3) is 4.24. The minimum Gasteiger partial charge on any atom is -0.481 e. The fourth-order valence-corrected chi connectivity index (χ4v) is 4.96. The van der Waals surface area contributed by atoms with Crippen LogP contribution in [0.25, 0.3) is 21.9 Å². The fraction of sp³-hybridized carbons (Fsp3) is 0.250. The molecule has 3 N–H and O–H groups in total. The van der Waals surface area contributed by atoms with Crippen molar-refractivity contribution in [3.8, 4) is 0 Å². The van der Waals surface area contributed by atoms with Gasteiger partial charge in [0.05, 0.1) is 0 Å². The van der Waals surface area contributed by atoms with Crippen LogP contribution in [0.2, 0.25) is 0 Å². The van der Waals surface area contributed by atoms with Gasteiger partial charge in [-0.15, -0.1) is 0 Å². The number of thiazole rings is 1. The van der Waals surface area contributed by atoms with Crippen LogP contribution in [0.15, 0.2) is 54.7 Å². The lowest BCUT2D eigenvalue weighted by molar-refractivity contribution is -0.642. The van der Waals surface area contributed by atoms with Gasteiger partial charge in [-0.25, -0.2) is 0 Å². The molecule has 0 bridgehead atoms. The van der Waals surface area contributed by atoms with Crippen LogP contribution in [-0.2, 0) is 11.8 Å². The highest BCUT2D eigenvalue weighted by Gasteiger charge is 2.20. The van der Waals surface area contributed by atoms with E-state index < -0.39 is 5.97 Å². The van der Waals surface area contributed by atoms with E-state index in [-0.39, 0.29) is 6.42 Å². The number of rotatable bonds is 7. The Morgan fingerprint density at radius 1 is 1.20 bits per heavy atom. The number of unbranched alkanes of at least 4 members (excludes halogenated alkanes) is 2. The number of nitrogens with zero attached hydrogens (tertiary/aromatic N) is 2. The van der Waals surface area contributed by atoms with E-state index in [4.69, 9.17) is 10.8 Å². The van der Waals surface area contributed by atoms with Gasteiger partial charge in [0.25, 0.3) is 5.01 Å². The van der Waals surface area contributed by atoms with Gasteiger partial charge in [0.1, 0.15) is 11.7 Å². The zero-order chi connectivity index (χ0) is 21.1. The second-order valence-corrected chi connectivity index (χ2v) is 8.62. The number of carboxylic acid groups (broad SMARTS) is 1. The van der Waals surface area contributed by atoms with E-state index in [1.54, 1.807) is 11.3 Å². The third-order valence-electron chi connectivity index (χ3n) is 5.42. The SMILES string of the molecule is C[n+]1c(/C=C2\C=CN(CCCCCC(=O)O)c3ccccc32)sc2cc(N)ccc21. The summed E-state index contributed by atoms with van der Waals surface area (Å²) < 4.78 is 3.39. The molecule has 4 rings (SSSR count). The molecule has 0 unspecified atom stereocenters. The maximum Gasteiger partial charge on any atom is 0.303 e. The van der Waals surface area contributed by atoms with Crippen molar-refractivity contribution >= 4 is 50.5 Å². The van der Waals surface area contributed by atoms with Crippen LogP contribution in [0.4, 0.5) is 11.4 Å². The molecule has 5 nitrogen and oxygen atoms in total. The van der Waals surface area contributed by atoms with Gasteiger partial charge in [-0.05, 0) is 42.7 Å². The molecule has 1 aromatic heterocycles. The molecule has 1 aliphatic heterocycles. The molecule has 0 saturated carbocycles. The van der Waals surface area contributed by atoms with Crippen molar-refractivity contribution in [3.63, 3.8) is 0 Å². The molecule has 2 aromatic carbocycles. The molecule has 0 radical (unpaired) electrons. The van der Waals surface area contributed by atoms with Crippen LogP contribution in [0, 0.1) is 0 Å². The number of aryl methyl sites for hydroxylation is 1. The molecule has 0 amide bonds. The third-order valence-corrected chi connectivity index (χ3v) is 6.57. The number of para-hydroxylation sites is 1. The van der Waals surface area contributed by atoms with Crippen molar-refractivity contribution in [2.75, 3.05) is 17.2 Å². The number of hydrogen-bond donors (Lipinski definition) is 2. The first-order valence-corrected chi connectivity index (χ1v) is 11.0. The summed E-state index contributed by atoms with van der Waals surface area (Å²) in [5.41, 5.74) is 11.5. The quantitative estimate of drug-likeness (QED) is 0.326. The molecular weight excluding hydrogens is 394 g/mol. The van der Waals surface area contributed by atoms with Crippen molar-refractivity contribution in [1.29, 1.82) is 0 Å². The molecule has 6 heteroatoms. The van der Waals surface area contributed by atoms with E-state index in [1.807, 2.05) is 12.1 Å². The van der Waals surface area contributed by atoms with E-state index in [2.05, 4.69) is 65.2 Å². The molecule has 1 aliphatic rings. The summed E-state index contributed by atoms with van der Waals surface area (Å²) in [6, 6.07) is 14.5. The Morgan fingerprint density at radius 2 is 2.03 bits per heavy atom. The monoisotopic (exact) mass is 420 g/mol. The predicted molar refractivity (Wildman–Crippen MR) is 124 cm³/mol. The molecular formula is C24H26N3O2S+. The number of carboxylic acids is 1. The minimum absolute atomic E-state index is 0.247. The Hall–Kier alpha value is -3.12. The highest BCUT2D eigenvalue weighted by Crippen LogP contribution is 2.35. The lowest BCUT2D eigenvalue weighted by Crippen LogP contribution is -2.29. The summed E-state index contributed by atoms with van der Waals surface area (Å²) in [4.78, 5) is 12.9. The maximum absolute atomic E-state index is 10.7. The van der Waals surface area contributed by atoms with E-state index in [1.165, 1.54) is 32.0 Å². The number of anilines is 2. The number of hydrogen-bond acceptors (Lipinski definition) is 4. The number of nitrogen functional groups attached to an aromatic ring is 1. The van der Waals surface area contributed by atoms with Crippen LogP contribution in [0.1, 0.15) is 36.3 Å². The summed E-state index contributed by atoms with van der Waals surface area (Å²) in [5.74, 6) is -0.718. The minimum atomic E-state index is -0.718. The lowest BCUT2D eigenvalue weighted by Gasteiger charge is -2.27. The van der Waals surface area contributed by atoms with Gasteiger partial charge in [-0.2, -0.15) is 4.57 Å². The van der Waals surface area contributed by atoms with Crippen molar-refractivity contribution in [2.24, 2.45) is 7.05 Å². The summed E-state index contributed by atoms with van der Waals surface area (Å²) in [5, 5.41) is 9.96. The lowest BCUT2D eigenvalue weighted by atomic mass is 9.99. The topological polar surface area (TPSA) is 70.4 Å². The number of benzene rings is 2. The molecule has 0 spiro atoms. The van der Waals surface area contributed by atoms with Gasteiger partial charge in [0.15, 0.2) is 0 Å². The Kier molecular flexibility index (Phi) is 5.86. The number of nitrogens with two attached hydrogens (primary N) is 1. The molecule has 30 heavy (non-hydrogen) atoms. The standard InChI is InChI=1S/C24H25N3O2S/c1-26-21-11-10-18(25)16-22(21)30-23(26)15-17-12-14-27(13-6-2-3-9-24(28)29)20-8-5-4-7-19(17)20/h4-5,7-8,10-12,14-16H,2-3,6,9,13,25H2,1H3/p+1. The fourth-order valence-electron chi connectivity index (χ4n) is 3.81. The first-order valence-electron chi connectivity index (χ1n) is 10.2. The average Bonchev–Trinajstić information content (AvgIpc) is 3.03. The Morgan fingerprint density at radius 3 is 2.87 bits per heavy atom. The van der Waals surface area contributed by atoms with Crippen LogP contribution in [-0.4, -0.2) is 17.6 Å². The molecule has 0 aliphatic carbocycles. The summed E-state index contributed by atoms with van der Waals surface area (Å²) in [6.07, 6.45) is 9.40. The van der Waals surface area contributed by atoms with Crippen molar-refractivity contribution in [2.45, 2.75) is 25.7 Å². The van der Waals surface area contributed by atoms with Crippen molar-refractivity contribution in [1.82, 2.24) is 0 Å². The van der Waals surface area contributed by atoms with E-state index in [9.17, 15) is 4.79 Å². The summed E-state index contributed by atoms with van der Waals surface area (Å²) in [6.45, 7) is 0.885. The Balaban J connectivity index is 1.57. The Bertz CT molecular complexity index is 1150. The first-order chi connectivity index (χ1) is 14.5. The predicted octanol–water partition coefficient (Wildman–Crippen LogP) is 4.83. The van der Waals surface area contributed by atoms with E-state index in [0.717, 1.165) is 31.5 Å². The zero-order valence-electron chi connectivity index (χ0n) is 17.0. The number of carbonyl (C=O) groups is 1. The van der Waals surface area contributed by atoms with Crippen LogP contribution < -0.4 is 15.2 Å². The van der Waals surface area contributed by atoms with Crippen LogP contribution >= 0.6 is 11.3 Å². The van der Waals surface area contributed by atoms with Crippen LogP contribution in [0.3, 0.4) is 0 Å². The van der Waals surface area contributed by atoms with Crippen molar-refractivity contribution in [3.05, 3.63) is 65.3 Å². The summed E-state index contributed by atoms with van der Waals surface area (Å²) in [7, 11) is 2.09. The van der Waals surface area contributed by atoms with Gasteiger partial charge in [-0.3, -0.25) is 4.79 Å². The van der Waals surface area contributed by atoms with Gasteiger partial charge < -0.3 is 15.7 Å². The van der Waals surface area contributed by atoms with Gasteiger partial charge in [0.2, 0.25) is 5.52 Å². The highest BCUT2D eigenvalue weighted by molar-refractivity contribution is 7.19. The zero-order valence-corrected chi connectivity index (χ0v) is 17.9. The highest BCUT2D eigenvalue weighted by atomic mass is 32.1. The molecule has 0 atom stereocenters. The largest absolute Gasteiger partial charge is 0.481 e. The molecule has 2 heterocycles. The second-order valence-electron chi connectivity index (χ2n) is 7.56. The van der Waals surface area contributed by atoms with E-state index in [0.29, 0.717) is 0 Å². The van der Waals surface area contributed by atoms with Crippen molar-refractivity contribution < 1.29 is 14.5 Å². The molecule has 0 saturated heterocycles. The maximum atomic E-state index is 10.7. The second kappa shape index (κ2) is 8.71. The van der Waals surface area contributed by atoms with E-state index >= 15 is 0 Å². The van der Waals surface area contributed by atoms with Crippen LogP contribution in [0.5, 0.6) is 0 Å². The molecule has 3 aromatic rings. The molecule has 154 valence electrons. The van der Waals surface area contributed by atoms with Gasteiger partial charge >= 0.3 is 5.97 Å². The number of aliphatic carboxylic acids is 1. The van der Waals surface area contributed by atoms with Gasteiger partial charge in [-0.1, -0.05) is 36.0 Å². The van der Waals surface area contributed by atoms with Gasteiger partial charge in [0, 0.05) is 48.2 Å². The summed E-state index contributed by atoms with van der Waals surface area (Å²) >= 11 is 1.74.